The highest BCUT2D eigenvalue weighted by Gasteiger charge is 2.13. The third-order valence-electron chi connectivity index (χ3n) is 3.68. The van der Waals surface area contributed by atoms with Crippen molar-refractivity contribution in [1.29, 1.82) is 0 Å². The van der Waals surface area contributed by atoms with Gasteiger partial charge in [0.25, 0.3) is 0 Å². The van der Waals surface area contributed by atoms with E-state index in [9.17, 15) is 8.42 Å². The molecular weight excluding hydrogens is 312 g/mol. The Morgan fingerprint density at radius 2 is 1.87 bits per heavy atom. The van der Waals surface area contributed by atoms with E-state index in [2.05, 4.69) is 10.0 Å². The van der Waals surface area contributed by atoms with Crippen molar-refractivity contribution in [2.45, 2.75) is 24.4 Å². The highest BCUT2D eigenvalue weighted by Crippen LogP contribution is 2.18. The standard InChI is InChI=1S/C17H22N2O3S/c1-13(19-12-14-6-4-8-16(10-14)22-3)15-7-5-9-17(11-15)23(20,21)18-2/h4-11,13,18-19H,12H2,1-3H3/t13-/m1/s1. The minimum absolute atomic E-state index is 0.0215. The van der Waals surface area contributed by atoms with Gasteiger partial charge in [-0.15, -0.1) is 0 Å². The molecule has 0 amide bonds. The number of hydrogen-bond acceptors (Lipinski definition) is 4. The van der Waals surface area contributed by atoms with Crippen LogP contribution in [0, 0.1) is 0 Å². The van der Waals surface area contributed by atoms with Crippen LogP contribution in [0.1, 0.15) is 24.1 Å². The van der Waals surface area contributed by atoms with E-state index in [1.165, 1.54) is 7.05 Å². The molecule has 0 fully saturated rings. The van der Waals surface area contributed by atoms with Crippen LogP contribution in [0.4, 0.5) is 0 Å². The van der Waals surface area contributed by atoms with E-state index in [4.69, 9.17) is 4.74 Å². The Hall–Kier alpha value is -1.89. The lowest BCUT2D eigenvalue weighted by atomic mass is 10.1. The molecule has 0 heterocycles. The maximum atomic E-state index is 11.9. The predicted molar refractivity (Wildman–Crippen MR) is 90.9 cm³/mol. The molecule has 2 aromatic rings. The van der Waals surface area contributed by atoms with Gasteiger partial charge in [0, 0.05) is 12.6 Å². The minimum Gasteiger partial charge on any atom is -0.497 e. The lowest BCUT2D eigenvalue weighted by Crippen LogP contribution is -2.21. The number of methoxy groups -OCH3 is 1. The summed E-state index contributed by atoms with van der Waals surface area (Å²) in [4.78, 5) is 0.271. The third-order valence-corrected chi connectivity index (χ3v) is 5.10. The summed E-state index contributed by atoms with van der Waals surface area (Å²) in [6, 6.07) is 14.8. The number of ether oxygens (including phenoxy) is 1. The third kappa shape index (κ3) is 4.54. The molecule has 0 aliphatic carbocycles. The fraction of sp³-hybridized carbons (Fsp3) is 0.294. The molecule has 23 heavy (non-hydrogen) atoms. The van der Waals surface area contributed by atoms with E-state index >= 15 is 0 Å². The Morgan fingerprint density at radius 3 is 2.57 bits per heavy atom. The predicted octanol–water partition coefficient (Wildman–Crippen LogP) is 2.45. The van der Waals surface area contributed by atoms with Crippen LogP contribution in [-0.2, 0) is 16.6 Å². The van der Waals surface area contributed by atoms with Gasteiger partial charge in [-0.2, -0.15) is 0 Å². The van der Waals surface area contributed by atoms with Gasteiger partial charge >= 0.3 is 0 Å². The zero-order valence-corrected chi connectivity index (χ0v) is 14.4. The molecule has 2 aromatic carbocycles. The molecule has 0 radical (unpaired) electrons. The molecule has 0 saturated carbocycles. The average Bonchev–Trinajstić information content (AvgIpc) is 2.60. The van der Waals surface area contributed by atoms with Crippen LogP contribution in [0.3, 0.4) is 0 Å². The van der Waals surface area contributed by atoms with Gasteiger partial charge in [0.2, 0.25) is 10.0 Å². The van der Waals surface area contributed by atoms with Crippen molar-refractivity contribution < 1.29 is 13.2 Å². The van der Waals surface area contributed by atoms with Crippen molar-refractivity contribution in [3.05, 3.63) is 59.7 Å². The minimum atomic E-state index is -3.42. The molecular formula is C17H22N2O3S. The topological polar surface area (TPSA) is 67.4 Å². The quantitative estimate of drug-likeness (QED) is 0.816. The highest BCUT2D eigenvalue weighted by atomic mass is 32.2. The molecule has 0 unspecified atom stereocenters. The molecule has 2 N–H and O–H groups in total. The van der Waals surface area contributed by atoms with Crippen molar-refractivity contribution >= 4 is 10.0 Å². The first kappa shape index (κ1) is 17.5. The SMILES string of the molecule is CNS(=O)(=O)c1cccc([C@@H](C)NCc2cccc(OC)c2)c1. The second-order valence-corrected chi connectivity index (χ2v) is 7.12. The maximum Gasteiger partial charge on any atom is 0.240 e. The van der Waals surface area contributed by atoms with Gasteiger partial charge < -0.3 is 10.1 Å². The van der Waals surface area contributed by atoms with Crippen LogP contribution in [-0.4, -0.2) is 22.6 Å². The number of nitrogens with one attached hydrogen (secondary N) is 2. The number of rotatable bonds is 7. The Kier molecular flexibility index (Phi) is 5.76. The zero-order chi connectivity index (χ0) is 16.9. The van der Waals surface area contributed by atoms with Crippen molar-refractivity contribution in [1.82, 2.24) is 10.0 Å². The first-order valence-corrected chi connectivity index (χ1v) is 8.84. The second kappa shape index (κ2) is 7.59. The van der Waals surface area contributed by atoms with Crippen LogP contribution in [0.25, 0.3) is 0 Å². The summed E-state index contributed by atoms with van der Waals surface area (Å²) in [5.74, 6) is 0.819. The lowest BCUT2D eigenvalue weighted by Gasteiger charge is -2.16. The summed E-state index contributed by atoms with van der Waals surface area (Å²) in [6.07, 6.45) is 0. The van der Waals surface area contributed by atoms with Crippen molar-refractivity contribution in [3.8, 4) is 5.75 Å². The van der Waals surface area contributed by atoms with Crippen LogP contribution >= 0.6 is 0 Å². The fourth-order valence-electron chi connectivity index (χ4n) is 2.24. The normalized spacial score (nSPS) is 12.8. The van der Waals surface area contributed by atoms with E-state index in [0.29, 0.717) is 6.54 Å². The molecule has 0 aliphatic heterocycles. The molecule has 2 rings (SSSR count). The lowest BCUT2D eigenvalue weighted by molar-refractivity contribution is 0.414. The van der Waals surface area contributed by atoms with Crippen LogP contribution in [0.2, 0.25) is 0 Å². The molecule has 0 aromatic heterocycles. The van der Waals surface area contributed by atoms with E-state index in [1.54, 1.807) is 25.3 Å². The Labute approximate surface area is 137 Å². The van der Waals surface area contributed by atoms with Gasteiger partial charge in [0.15, 0.2) is 0 Å². The second-order valence-electron chi connectivity index (χ2n) is 5.23. The molecule has 0 aliphatic rings. The molecule has 1 atom stereocenters. The van der Waals surface area contributed by atoms with Crippen molar-refractivity contribution in [3.63, 3.8) is 0 Å². The Bertz CT molecular complexity index is 760. The molecule has 0 saturated heterocycles. The largest absolute Gasteiger partial charge is 0.497 e. The summed E-state index contributed by atoms with van der Waals surface area (Å²) in [6.45, 7) is 2.67. The van der Waals surface area contributed by atoms with Gasteiger partial charge in [-0.1, -0.05) is 24.3 Å². The molecule has 5 nitrogen and oxygen atoms in total. The summed E-state index contributed by atoms with van der Waals surface area (Å²) in [5.41, 5.74) is 2.03. The fourth-order valence-corrected chi connectivity index (χ4v) is 3.02. The van der Waals surface area contributed by atoms with Gasteiger partial charge in [0.05, 0.1) is 12.0 Å². The van der Waals surface area contributed by atoms with Crippen molar-refractivity contribution in [2.24, 2.45) is 0 Å². The maximum absolute atomic E-state index is 11.9. The number of benzene rings is 2. The highest BCUT2D eigenvalue weighted by molar-refractivity contribution is 7.89. The number of sulfonamides is 1. The summed E-state index contributed by atoms with van der Waals surface area (Å²) in [7, 11) is -0.374. The van der Waals surface area contributed by atoms with E-state index in [1.807, 2.05) is 37.3 Å². The van der Waals surface area contributed by atoms with E-state index < -0.39 is 10.0 Å². The van der Waals surface area contributed by atoms with Gasteiger partial charge in [-0.3, -0.25) is 0 Å². The summed E-state index contributed by atoms with van der Waals surface area (Å²) >= 11 is 0. The van der Waals surface area contributed by atoms with Crippen LogP contribution < -0.4 is 14.8 Å². The summed E-state index contributed by atoms with van der Waals surface area (Å²) in [5, 5.41) is 3.39. The Balaban J connectivity index is 2.09. The molecule has 6 heteroatoms. The van der Waals surface area contributed by atoms with Gasteiger partial charge in [0.1, 0.15) is 5.75 Å². The average molecular weight is 334 g/mol. The van der Waals surface area contributed by atoms with Crippen molar-refractivity contribution in [2.75, 3.05) is 14.2 Å². The molecule has 124 valence electrons. The van der Waals surface area contributed by atoms with Gasteiger partial charge in [-0.05, 0) is 49.4 Å². The Morgan fingerprint density at radius 1 is 1.13 bits per heavy atom. The van der Waals surface area contributed by atoms with Crippen LogP contribution in [0.5, 0.6) is 5.75 Å². The molecule has 0 spiro atoms. The smallest absolute Gasteiger partial charge is 0.240 e. The zero-order valence-electron chi connectivity index (χ0n) is 13.5. The van der Waals surface area contributed by atoms with E-state index in [0.717, 1.165) is 16.9 Å². The monoisotopic (exact) mass is 334 g/mol. The molecule has 0 bridgehead atoms. The summed E-state index contributed by atoms with van der Waals surface area (Å²) < 4.78 is 31.3. The number of hydrogen-bond donors (Lipinski definition) is 2. The van der Waals surface area contributed by atoms with Gasteiger partial charge in [-0.25, -0.2) is 13.1 Å². The first-order chi connectivity index (χ1) is 11.0. The van der Waals surface area contributed by atoms with Crippen LogP contribution in [0.15, 0.2) is 53.4 Å². The van der Waals surface area contributed by atoms with E-state index in [-0.39, 0.29) is 10.9 Å². The first-order valence-electron chi connectivity index (χ1n) is 7.36.